The molecule has 0 amide bonds. The summed E-state index contributed by atoms with van der Waals surface area (Å²) in [6.07, 6.45) is 1.98. The zero-order valence-corrected chi connectivity index (χ0v) is 13.5. The van der Waals surface area contributed by atoms with Gasteiger partial charge in [-0.15, -0.1) is 0 Å². The maximum absolute atomic E-state index is 3.91. The monoisotopic (exact) mass is 248 g/mol. The van der Waals surface area contributed by atoms with E-state index in [9.17, 15) is 0 Å². The smallest absolute Gasteiger partial charge is 0.0776 e. The highest BCUT2D eigenvalue weighted by atomic mass is 28.3. The van der Waals surface area contributed by atoms with Gasteiger partial charge in [0.2, 0.25) is 0 Å². The van der Waals surface area contributed by atoms with Gasteiger partial charge < -0.3 is 0 Å². The maximum Gasteiger partial charge on any atom is 0.0776 e. The third-order valence-electron chi connectivity index (χ3n) is 2.92. The van der Waals surface area contributed by atoms with E-state index < -0.39 is 16.1 Å². The van der Waals surface area contributed by atoms with Gasteiger partial charge in [-0.1, -0.05) is 80.5 Å². The van der Waals surface area contributed by atoms with Crippen LogP contribution in [-0.4, -0.2) is 16.1 Å². The topological polar surface area (TPSA) is 0 Å². The average molecular weight is 249 g/mol. The van der Waals surface area contributed by atoms with Crippen molar-refractivity contribution in [2.75, 3.05) is 0 Å². The Hall–Kier alpha value is -0.606. The predicted molar refractivity (Wildman–Crippen MR) is 82.5 cm³/mol. The van der Waals surface area contributed by atoms with E-state index in [0.29, 0.717) is 0 Å². The van der Waals surface area contributed by atoms with Crippen LogP contribution in [0.25, 0.3) is 6.08 Å². The molecule has 16 heavy (non-hydrogen) atoms. The summed E-state index contributed by atoms with van der Waals surface area (Å²) in [5, 5.41) is 3.12. The Kier molecular flexibility index (Phi) is 3.65. The third kappa shape index (κ3) is 3.19. The first kappa shape index (κ1) is 13.5. The Morgan fingerprint density at radius 3 is 1.44 bits per heavy atom. The number of hydrogen-bond donors (Lipinski definition) is 0. The molecule has 2 heteroatoms. The summed E-state index contributed by atoms with van der Waals surface area (Å²) in [4.78, 5) is 0. The summed E-state index contributed by atoms with van der Waals surface area (Å²) in [5.74, 6) is 0. The van der Waals surface area contributed by atoms with Crippen LogP contribution in [-0.2, 0) is 0 Å². The molecule has 0 fully saturated rings. The van der Waals surface area contributed by atoms with Gasteiger partial charge in [0.15, 0.2) is 0 Å². The lowest BCUT2D eigenvalue weighted by Crippen LogP contribution is -2.45. The van der Waals surface area contributed by atoms with E-state index in [-0.39, 0.29) is 0 Å². The average Bonchev–Trinajstić information content (AvgIpc) is 2.14. The highest BCUT2D eigenvalue weighted by Gasteiger charge is 2.22. The summed E-state index contributed by atoms with van der Waals surface area (Å²) >= 11 is 0. The fraction of sp³-hybridized carbons (Fsp3) is 0.429. The minimum Gasteiger partial charge on any atom is -0.0985 e. The number of hydrogen-bond acceptors (Lipinski definition) is 0. The minimum absolute atomic E-state index is 1.22. The largest absolute Gasteiger partial charge is 0.0985 e. The summed E-state index contributed by atoms with van der Waals surface area (Å²) in [7, 11) is -2.43. The van der Waals surface area contributed by atoms with Crippen molar-refractivity contribution in [2.24, 2.45) is 0 Å². The van der Waals surface area contributed by atoms with Crippen molar-refractivity contribution in [1.82, 2.24) is 0 Å². The lowest BCUT2D eigenvalue weighted by Gasteiger charge is -2.23. The lowest BCUT2D eigenvalue weighted by molar-refractivity contribution is 1.64. The van der Waals surface area contributed by atoms with Gasteiger partial charge in [0, 0.05) is 0 Å². The Morgan fingerprint density at radius 1 is 0.812 bits per heavy atom. The molecular weight excluding hydrogens is 224 g/mol. The van der Waals surface area contributed by atoms with Gasteiger partial charge in [0.05, 0.1) is 16.1 Å². The van der Waals surface area contributed by atoms with Gasteiger partial charge in [-0.2, -0.15) is 0 Å². The van der Waals surface area contributed by atoms with Crippen molar-refractivity contribution in [3.05, 3.63) is 30.3 Å². The predicted octanol–water partition coefficient (Wildman–Crippen LogP) is 3.42. The van der Waals surface area contributed by atoms with Crippen LogP contribution in [0.3, 0.4) is 0 Å². The SMILES string of the molecule is C=Cc1cc([Si](C)(C)C)cc([Si](C)(C)C)c1. The van der Waals surface area contributed by atoms with Crippen LogP contribution in [0.4, 0.5) is 0 Å². The molecule has 0 aliphatic rings. The zero-order chi connectivity index (χ0) is 12.6. The van der Waals surface area contributed by atoms with Crippen molar-refractivity contribution in [2.45, 2.75) is 39.3 Å². The van der Waals surface area contributed by atoms with Crippen LogP contribution in [0.5, 0.6) is 0 Å². The zero-order valence-electron chi connectivity index (χ0n) is 11.5. The Balaban J connectivity index is 3.39. The molecule has 1 aromatic rings. The van der Waals surface area contributed by atoms with E-state index in [0.717, 1.165) is 0 Å². The molecule has 0 N–H and O–H groups in total. The molecule has 0 aliphatic heterocycles. The Bertz CT molecular complexity index is 360. The van der Waals surface area contributed by atoms with Crippen LogP contribution in [0.2, 0.25) is 39.3 Å². The van der Waals surface area contributed by atoms with E-state index in [1.165, 1.54) is 5.56 Å². The summed E-state index contributed by atoms with van der Waals surface area (Å²) in [5.41, 5.74) is 1.29. The van der Waals surface area contributed by atoms with Crippen LogP contribution in [0.15, 0.2) is 24.8 Å². The van der Waals surface area contributed by atoms with Gasteiger partial charge in [-0.25, -0.2) is 0 Å². The standard InChI is InChI=1S/C14H24Si2/c1-8-12-9-13(15(2,3)4)11-14(10-12)16(5,6)7/h8-11H,1H2,2-7H3. The third-order valence-corrected chi connectivity index (χ3v) is 6.96. The summed E-state index contributed by atoms with van der Waals surface area (Å²) in [6.45, 7) is 18.3. The highest BCUT2D eigenvalue weighted by Crippen LogP contribution is 2.09. The summed E-state index contributed by atoms with van der Waals surface area (Å²) < 4.78 is 0. The second-order valence-electron chi connectivity index (χ2n) is 6.55. The first-order valence-corrected chi connectivity index (χ1v) is 12.9. The van der Waals surface area contributed by atoms with Crippen molar-refractivity contribution in [3.8, 4) is 0 Å². The second-order valence-corrected chi connectivity index (χ2v) is 16.7. The molecule has 0 spiro atoms. The molecule has 0 heterocycles. The Labute approximate surface area is 102 Å². The van der Waals surface area contributed by atoms with Crippen LogP contribution in [0.1, 0.15) is 5.56 Å². The first-order chi connectivity index (χ1) is 7.14. The van der Waals surface area contributed by atoms with Gasteiger partial charge in [-0.05, 0) is 5.56 Å². The van der Waals surface area contributed by atoms with Crippen LogP contribution < -0.4 is 10.4 Å². The minimum atomic E-state index is -1.22. The Morgan fingerprint density at radius 2 is 1.19 bits per heavy atom. The molecule has 0 aromatic heterocycles. The number of rotatable bonds is 3. The molecule has 0 bridgehead atoms. The normalized spacial score (nSPS) is 12.6. The number of benzene rings is 1. The molecule has 0 radical (unpaired) electrons. The van der Waals surface area contributed by atoms with Gasteiger partial charge >= 0.3 is 0 Å². The summed E-state index contributed by atoms with van der Waals surface area (Å²) in [6, 6.07) is 7.09. The fourth-order valence-electron chi connectivity index (χ4n) is 1.64. The van der Waals surface area contributed by atoms with Crippen molar-refractivity contribution in [3.63, 3.8) is 0 Å². The van der Waals surface area contributed by atoms with Crippen LogP contribution >= 0.6 is 0 Å². The van der Waals surface area contributed by atoms with Crippen LogP contribution in [0, 0.1) is 0 Å². The molecule has 0 saturated heterocycles. The molecule has 88 valence electrons. The quantitative estimate of drug-likeness (QED) is 0.719. The lowest BCUT2D eigenvalue weighted by atomic mass is 10.2. The molecule has 0 nitrogen and oxygen atoms in total. The van der Waals surface area contributed by atoms with Crippen molar-refractivity contribution in [1.29, 1.82) is 0 Å². The molecule has 1 rings (SSSR count). The van der Waals surface area contributed by atoms with Crippen molar-refractivity contribution < 1.29 is 0 Å². The van der Waals surface area contributed by atoms with Gasteiger partial charge in [0.25, 0.3) is 0 Å². The van der Waals surface area contributed by atoms with Gasteiger partial charge in [-0.3, -0.25) is 0 Å². The van der Waals surface area contributed by atoms with E-state index in [1.807, 2.05) is 6.08 Å². The van der Waals surface area contributed by atoms with E-state index in [2.05, 4.69) is 64.1 Å². The fourth-order valence-corrected chi connectivity index (χ4v) is 4.16. The highest BCUT2D eigenvalue weighted by molar-refractivity contribution is 6.91. The maximum atomic E-state index is 3.91. The molecule has 0 aliphatic carbocycles. The molecule has 0 saturated carbocycles. The van der Waals surface area contributed by atoms with E-state index in [1.54, 1.807) is 10.4 Å². The van der Waals surface area contributed by atoms with E-state index in [4.69, 9.17) is 0 Å². The molecule has 1 aromatic carbocycles. The molecular formula is C14H24Si2. The first-order valence-electron chi connectivity index (χ1n) is 5.93. The van der Waals surface area contributed by atoms with Gasteiger partial charge in [0.1, 0.15) is 0 Å². The molecule has 0 atom stereocenters. The van der Waals surface area contributed by atoms with E-state index >= 15 is 0 Å². The second kappa shape index (κ2) is 4.34. The van der Waals surface area contributed by atoms with Crippen molar-refractivity contribution >= 4 is 32.6 Å². The molecule has 0 unspecified atom stereocenters.